The maximum absolute atomic E-state index is 13.3. The summed E-state index contributed by atoms with van der Waals surface area (Å²) >= 11 is 5.49. The number of hydrogen-bond acceptors (Lipinski definition) is 7. The van der Waals surface area contributed by atoms with Crippen molar-refractivity contribution in [1.82, 2.24) is 4.90 Å². The SMILES string of the molecule is CCOc1ccc(NC(=O)C[C@@H]2C(=O)N(c3ccc(OC)cc3)C(=S)N2CC(=O)OC)cc1. The van der Waals surface area contributed by atoms with Crippen molar-refractivity contribution >= 4 is 46.5 Å². The molecule has 174 valence electrons. The lowest BCUT2D eigenvalue weighted by Gasteiger charge is -2.22. The number of amides is 2. The molecule has 0 bridgehead atoms. The van der Waals surface area contributed by atoms with Gasteiger partial charge in [0.05, 0.1) is 32.9 Å². The minimum atomic E-state index is -0.957. The molecular weight excluding hydrogens is 446 g/mol. The van der Waals surface area contributed by atoms with Crippen LogP contribution in [0.15, 0.2) is 48.5 Å². The van der Waals surface area contributed by atoms with E-state index in [0.29, 0.717) is 29.5 Å². The van der Waals surface area contributed by atoms with E-state index in [1.807, 2.05) is 6.92 Å². The Morgan fingerprint density at radius 2 is 1.67 bits per heavy atom. The second kappa shape index (κ2) is 10.8. The Labute approximate surface area is 197 Å². The highest BCUT2D eigenvalue weighted by molar-refractivity contribution is 7.80. The third-order valence-corrected chi connectivity index (χ3v) is 5.42. The first-order chi connectivity index (χ1) is 15.9. The third kappa shape index (κ3) is 5.58. The molecule has 0 radical (unpaired) electrons. The molecule has 3 rings (SSSR count). The van der Waals surface area contributed by atoms with Gasteiger partial charge in [-0.05, 0) is 67.7 Å². The van der Waals surface area contributed by atoms with Crippen molar-refractivity contribution in [2.75, 3.05) is 37.6 Å². The number of esters is 1. The van der Waals surface area contributed by atoms with E-state index in [-0.39, 0.29) is 18.1 Å². The lowest BCUT2D eigenvalue weighted by molar-refractivity contribution is -0.141. The Balaban J connectivity index is 1.78. The summed E-state index contributed by atoms with van der Waals surface area (Å²) in [6.07, 6.45) is -0.199. The molecule has 2 aromatic carbocycles. The Morgan fingerprint density at radius 1 is 1.03 bits per heavy atom. The van der Waals surface area contributed by atoms with E-state index < -0.39 is 23.8 Å². The zero-order chi connectivity index (χ0) is 24.0. The van der Waals surface area contributed by atoms with E-state index in [1.54, 1.807) is 48.5 Å². The van der Waals surface area contributed by atoms with E-state index in [1.165, 1.54) is 24.0 Å². The third-order valence-electron chi connectivity index (χ3n) is 5.00. The van der Waals surface area contributed by atoms with Crippen LogP contribution in [0.3, 0.4) is 0 Å². The Hall–Kier alpha value is -3.66. The van der Waals surface area contributed by atoms with Gasteiger partial charge in [0, 0.05) is 5.69 Å². The van der Waals surface area contributed by atoms with Gasteiger partial charge in [0.2, 0.25) is 5.91 Å². The van der Waals surface area contributed by atoms with Crippen LogP contribution in [0.2, 0.25) is 0 Å². The molecule has 9 nitrogen and oxygen atoms in total. The van der Waals surface area contributed by atoms with Gasteiger partial charge in [-0.2, -0.15) is 0 Å². The molecule has 1 heterocycles. The second-order valence-electron chi connectivity index (χ2n) is 7.08. The van der Waals surface area contributed by atoms with E-state index in [0.717, 1.165) is 0 Å². The molecule has 33 heavy (non-hydrogen) atoms. The van der Waals surface area contributed by atoms with Crippen molar-refractivity contribution in [3.63, 3.8) is 0 Å². The molecule has 1 N–H and O–H groups in total. The molecule has 2 aromatic rings. The molecule has 10 heteroatoms. The highest BCUT2D eigenvalue weighted by Crippen LogP contribution is 2.29. The van der Waals surface area contributed by atoms with Crippen LogP contribution in [0.4, 0.5) is 11.4 Å². The Morgan fingerprint density at radius 3 is 2.24 bits per heavy atom. The summed E-state index contributed by atoms with van der Waals surface area (Å²) in [5, 5.41) is 2.88. The fourth-order valence-corrected chi connectivity index (χ4v) is 3.76. The summed E-state index contributed by atoms with van der Waals surface area (Å²) in [6, 6.07) is 12.7. The molecule has 0 saturated carbocycles. The quantitative estimate of drug-likeness (QED) is 0.440. The van der Waals surface area contributed by atoms with Crippen LogP contribution in [-0.2, 0) is 19.1 Å². The molecule has 1 fully saturated rings. The van der Waals surface area contributed by atoms with Crippen LogP contribution in [-0.4, -0.2) is 61.2 Å². The van der Waals surface area contributed by atoms with Crippen molar-refractivity contribution in [3.8, 4) is 11.5 Å². The van der Waals surface area contributed by atoms with Crippen LogP contribution < -0.4 is 19.7 Å². The fourth-order valence-electron chi connectivity index (χ4n) is 3.38. The van der Waals surface area contributed by atoms with Crippen molar-refractivity contribution in [2.24, 2.45) is 0 Å². The van der Waals surface area contributed by atoms with Gasteiger partial charge in [0.15, 0.2) is 5.11 Å². The van der Waals surface area contributed by atoms with Crippen LogP contribution in [0.1, 0.15) is 13.3 Å². The van der Waals surface area contributed by atoms with E-state index in [2.05, 4.69) is 5.32 Å². The van der Waals surface area contributed by atoms with Gasteiger partial charge in [-0.1, -0.05) is 0 Å². The number of nitrogens with one attached hydrogen (secondary N) is 1. The summed E-state index contributed by atoms with van der Waals surface area (Å²) in [6.45, 7) is 2.17. The van der Waals surface area contributed by atoms with Crippen molar-refractivity contribution < 1.29 is 28.6 Å². The largest absolute Gasteiger partial charge is 0.497 e. The van der Waals surface area contributed by atoms with Gasteiger partial charge in [0.1, 0.15) is 24.1 Å². The summed E-state index contributed by atoms with van der Waals surface area (Å²) < 4.78 is 15.3. The fraction of sp³-hybridized carbons (Fsp3) is 0.304. The van der Waals surface area contributed by atoms with Crippen LogP contribution >= 0.6 is 12.2 Å². The van der Waals surface area contributed by atoms with Gasteiger partial charge < -0.3 is 24.4 Å². The number of carbonyl (C=O) groups excluding carboxylic acids is 3. The molecular formula is C23H25N3O6S. The van der Waals surface area contributed by atoms with Crippen molar-refractivity contribution in [1.29, 1.82) is 0 Å². The maximum atomic E-state index is 13.3. The predicted molar refractivity (Wildman–Crippen MR) is 126 cm³/mol. The van der Waals surface area contributed by atoms with Crippen LogP contribution in [0.25, 0.3) is 0 Å². The summed E-state index contributed by atoms with van der Waals surface area (Å²) in [5.41, 5.74) is 1.07. The first-order valence-electron chi connectivity index (χ1n) is 10.3. The van der Waals surface area contributed by atoms with Gasteiger partial charge in [0.25, 0.3) is 5.91 Å². The molecule has 0 aromatic heterocycles. The van der Waals surface area contributed by atoms with Gasteiger partial charge >= 0.3 is 5.97 Å². The average molecular weight is 472 g/mol. The monoisotopic (exact) mass is 471 g/mol. The minimum absolute atomic E-state index is 0.120. The topological polar surface area (TPSA) is 97.4 Å². The van der Waals surface area contributed by atoms with E-state index in [4.69, 9.17) is 26.4 Å². The lowest BCUT2D eigenvalue weighted by Crippen LogP contribution is -2.41. The van der Waals surface area contributed by atoms with Gasteiger partial charge in [-0.3, -0.25) is 19.3 Å². The normalized spacial score (nSPS) is 15.4. The van der Waals surface area contributed by atoms with Crippen molar-refractivity contribution in [3.05, 3.63) is 48.5 Å². The molecule has 0 spiro atoms. The number of nitrogens with zero attached hydrogens (tertiary/aromatic N) is 2. The van der Waals surface area contributed by atoms with Crippen molar-refractivity contribution in [2.45, 2.75) is 19.4 Å². The first kappa shape index (κ1) is 24.0. The minimum Gasteiger partial charge on any atom is -0.497 e. The molecule has 2 amide bonds. The predicted octanol–water partition coefficient (Wildman–Crippen LogP) is 2.60. The van der Waals surface area contributed by atoms with Gasteiger partial charge in [-0.25, -0.2) is 0 Å². The number of methoxy groups -OCH3 is 2. The van der Waals surface area contributed by atoms with Crippen LogP contribution in [0, 0.1) is 0 Å². The van der Waals surface area contributed by atoms with E-state index >= 15 is 0 Å². The highest BCUT2D eigenvalue weighted by Gasteiger charge is 2.45. The number of thiocarbonyl (C=S) groups is 1. The molecule has 1 saturated heterocycles. The lowest BCUT2D eigenvalue weighted by atomic mass is 10.1. The molecule has 1 aliphatic heterocycles. The smallest absolute Gasteiger partial charge is 0.325 e. The zero-order valence-electron chi connectivity index (χ0n) is 18.6. The number of rotatable bonds is 9. The summed E-state index contributed by atoms with van der Waals surface area (Å²) in [5.74, 6) is -0.0680. The molecule has 0 unspecified atom stereocenters. The second-order valence-corrected chi connectivity index (χ2v) is 7.45. The standard InChI is InChI=1S/C23H25N3O6S/c1-4-32-18-9-5-15(6-10-18)24-20(27)13-19-22(29)26(16-7-11-17(30-2)12-8-16)23(33)25(19)14-21(28)31-3/h5-12,19H,4,13-14H2,1-3H3,(H,24,27)/t19-/m1/s1. The maximum Gasteiger partial charge on any atom is 0.325 e. The Bertz CT molecular complexity index is 1030. The number of benzene rings is 2. The molecule has 1 aliphatic rings. The number of carbonyl (C=O) groups is 3. The number of anilines is 2. The zero-order valence-corrected chi connectivity index (χ0v) is 19.4. The Kier molecular flexibility index (Phi) is 7.83. The summed E-state index contributed by atoms with van der Waals surface area (Å²) in [4.78, 5) is 40.7. The van der Waals surface area contributed by atoms with Gasteiger partial charge in [-0.15, -0.1) is 0 Å². The molecule has 1 atom stereocenters. The highest BCUT2D eigenvalue weighted by atomic mass is 32.1. The average Bonchev–Trinajstić information content (AvgIpc) is 3.04. The number of ether oxygens (including phenoxy) is 3. The van der Waals surface area contributed by atoms with Crippen LogP contribution in [0.5, 0.6) is 11.5 Å². The first-order valence-corrected chi connectivity index (χ1v) is 10.7. The molecule has 0 aliphatic carbocycles. The van der Waals surface area contributed by atoms with E-state index in [9.17, 15) is 14.4 Å². The summed E-state index contributed by atoms with van der Waals surface area (Å²) in [7, 11) is 2.79. The number of hydrogen-bond donors (Lipinski definition) is 1.